The second-order valence-corrected chi connectivity index (χ2v) is 5.89. The van der Waals surface area contributed by atoms with E-state index in [2.05, 4.69) is 4.90 Å². The number of nitrogens with zero attached hydrogens (tertiary/aromatic N) is 1. The van der Waals surface area contributed by atoms with Crippen molar-refractivity contribution in [3.8, 4) is 5.75 Å². The highest BCUT2D eigenvalue weighted by molar-refractivity contribution is 5.35. The minimum atomic E-state index is -0.308. The highest BCUT2D eigenvalue weighted by atomic mass is 19.1. The molecule has 1 saturated carbocycles. The van der Waals surface area contributed by atoms with E-state index >= 15 is 0 Å². The monoisotopic (exact) mass is 280 g/mol. The molecular formula is C16H25FN2O. The standard InChI is InChI=1S/C16H25FN2O/c1-11(14-9-13(17)7-8-16(14)20)19(2)15-6-4-3-5-12(15)10-18/h7-9,11-12,15,20H,3-6,10,18H2,1-2H3. The molecule has 0 bridgehead atoms. The van der Waals surface area contributed by atoms with Crippen molar-refractivity contribution < 1.29 is 9.50 Å². The molecule has 1 aromatic rings. The molecule has 0 aliphatic heterocycles. The largest absolute Gasteiger partial charge is 0.508 e. The van der Waals surface area contributed by atoms with Crippen LogP contribution in [0.1, 0.15) is 44.2 Å². The predicted octanol–water partition coefficient (Wildman–Crippen LogP) is 3.04. The maximum Gasteiger partial charge on any atom is 0.123 e. The van der Waals surface area contributed by atoms with Gasteiger partial charge in [-0.05, 0) is 57.5 Å². The van der Waals surface area contributed by atoms with Gasteiger partial charge in [-0.25, -0.2) is 4.39 Å². The van der Waals surface area contributed by atoms with Crippen molar-refractivity contribution in [2.75, 3.05) is 13.6 Å². The van der Waals surface area contributed by atoms with Crippen molar-refractivity contribution in [1.29, 1.82) is 0 Å². The minimum Gasteiger partial charge on any atom is -0.508 e. The van der Waals surface area contributed by atoms with Crippen LogP contribution in [0.25, 0.3) is 0 Å². The molecule has 1 aliphatic rings. The smallest absolute Gasteiger partial charge is 0.123 e. The molecular weight excluding hydrogens is 255 g/mol. The number of hydrogen-bond donors (Lipinski definition) is 2. The molecule has 112 valence electrons. The van der Waals surface area contributed by atoms with Gasteiger partial charge >= 0.3 is 0 Å². The molecule has 1 fully saturated rings. The molecule has 2 rings (SSSR count). The summed E-state index contributed by atoms with van der Waals surface area (Å²) >= 11 is 0. The molecule has 0 saturated heterocycles. The summed E-state index contributed by atoms with van der Waals surface area (Å²) in [6.45, 7) is 2.70. The summed E-state index contributed by atoms with van der Waals surface area (Å²) in [5, 5.41) is 9.96. The Morgan fingerprint density at radius 1 is 1.40 bits per heavy atom. The Balaban J connectivity index is 2.18. The van der Waals surface area contributed by atoms with Gasteiger partial charge in [0.25, 0.3) is 0 Å². The van der Waals surface area contributed by atoms with E-state index in [1.807, 2.05) is 14.0 Å². The zero-order chi connectivity index (χ0) is 14.7. The quantitative estimate of drug-likeness (QED) is 0.891. The fourth-order valence-corrected chi connectivity index (χ4v) is 3.37. The lowest BCUT2D eigenvalue weighted by molar-refractivity contribution is 0.0977. The number of phenolic OH excluding ortho intramolecular Hbond substituents is 1. The van der Waals surface area contributed by atoms with Gasteiger partial charge in [-0.15, -0.1) is 0 Å². The maximum atomic E-state index is 13.4. The van der Waals surface area contributed by atoms with Crippen molar-refractivity contribution in [3.05, 3.63) is 29.6 Å². The van der Waals surface area contributed by atoms with E-state index in [0.29, 0.717) is 24.1 Å². The lowest BCUT2D eigenvalue weighted by Crippen LogP contribution is -2.44. The van der Waals surface area contributed by atoms with E-state index in [-0.39, 0.29) is 17.6 Å². The van der Waals surface area contributed by atoms with Crippen LogP contribution in [0, 0.1) is 11.7 Å². The summed E-state index contributed by atoms with van der Waals surface area (Å²) in [7, 11) is 2.05. The highest BCUT2D eigenvalue weighted by Crippen LogP contribution is 2.35. The van der Waals surface area contributed by atoms with Gasteiger partial charge in [0.1, 0.15) is 11.6 Å². The lowest BCUT2D eigenvalue weighted by atomic mass is 9.83. The Morgan fingerprint density at radius 3 is 2.80 bits per heavy atom. The second-order valence-electron chi connectivity index (χ2n) is 5.89. The molecule has 0 heterocycles. The van der Waals surface area contributed by atoms with Crippen molar-refractivity contribution in [2.24, 2.45) is 11.7 Å². The normalized spacial score (nSPS) is 24.9. The van der Waals surface area contributed by atoms with Gasteiger partial charge in [0.15, 0.2) is 0 Å². The number of phenols is 1. The Hall–Kier alpha value is -1.13. The van der Waals surface area contributed by atoms with Crippen LogP contribution in [-0.2, 0) is 0 Å². The SMILES string of the molecule is CC(c1cc(F)ccc1O)N(C)C1CCCCC1CN. The van der Waals surface area contributed by atoms with Gasteiger partial charge in [0, 0.05) is 17.6 Å². The summed E-state index contributed by atoms with van der Waals surface area (Å²) in [6.07, 6.45) is 4.74. The van der Waals surface area contributed by atoms with Crippen LogP contribution < -0.4 is 5.73 Å². The van der Waals surface area contributed by atoms with E-state index in [1.54, 1.807) is 0 Å². The zero-order valence-electron chi connectivity index (χ0n) is 12.3. The molecule has 3 nitrogen and oxygen atoms in total. The van der Waals surface area contributed by atoms with E-state index in [9.17, 15) is 9.50 Å². The third-order valence-corrected chi connectivity index (χ3v) is 4.75. The Morgan fingerprint density at radius 2 is 2.10 bits per heavy atom. The van der Waals surface area contributed by atoms with Gasteiger partial charge in [-0.1, -0.05) is 12.8 Å². The van der Waals surface area contributed by atoms with Gasteiger partial charge in [0.2, 0.25) is 0 Å². The fraction of sp³-hybridized carbons (Fsp3) is 0.625. The molecule has 3 atom stereocenters. The average molecular weight is 280 g/mol. The fourth-order valence-electron chi connectivity index (χ4n) is 3.37. The van der Waals surface area contributed by atoms with Gasteiger partial charge in [0.05, 0.1) is 0 Å². The van der Waals surface area contributed by atoms with Crippen LogP contribution in [0.4, 0.5) is 4.39 Å². The average Bonchev–Trinajstić information content (AvgIpc) is 2.48. The first-order valence-electron chi connectivity index (χ1n) is 7.45. The molecule has 0 aromatic heterocycles. The van der Waals surface area contributed by atoms with E-state index < -0.39 is 0 Å². The number of benzene rings is 1. The Bertz CT molecular complexity index is 452. The molecule has 0 spiro atoms. The number of halogens is 1. The second kappa shape index (κ2) is 6.55. The summed E-state index contributed by atoms with van der Waals surface area (Å²) in [4.78, 5) is 2.24. The van der Waals surface area contributed by atoms with Crippen molar-refractivity contribution in [1.82, 2.24) is 4.90 Å². The summed E-state index contributed by atoms with van der Waals surface area (Å²) in [6, 6.07) is 4.52. The molecule has 1 aliphatic carbocycles. The first-order valence-corrected chi connectivity index (χ1v) is 7.45. The van der Waals surface area contributed by atoms with Gasteiger partial charge in [-0.3, -0.25) is 4.90 Å². The van der Waals surface area contributed by atoms with Crippen molar-refractivity contribution in [2.45, 2.75) is 44.7 Å². The van der Waals surface area contributed by atoms with E-state index in [4.69, 9.17) is 5.73 Å². The number of aromatic hydroxyl groups is 1. The highest BCUT2D eigenvalue weighted by Gasteiger charge is 2.30. The Labute approximate surface area is 120 Å². The number of nitrogens with two attached hydrogens (primary N) is 1. The van der Waals surface area contributed by atoms with Crippen molar-refractivity contribution in [3.63, 3.8) is 0 Å². The molecule has 0 amide bonds. The number of hydrogen-bond acceptors (Lipinski definition) is 3. The van der Waals surface area contributed by atoms with Crippen LogP contribution in [0.15, 0.2) is 18.2 Å². The molecule has 0 radical (unpaired) electrons. The summed E-state index contributed by atoms with van der Waals surface area (Å²) in [5.41, 5.74) is 6.54. The number of rotatable bonds is 4. The predicted molar refractivity (Wildman–Crippen MR) is 79.0 cm³/mol. The lowest BCUT2D eigenvalue weighted by Gasteiger charge is -2.40. The van der Waals surface area contributed by atoms with E-state index in [1.165, 1.54) is 31.0 Å². The van der Waals surface area contributed by atoms with Gasteiger partial charge < -0.3 is 10.8 Å². The molecule has 4 heteroatoms. The maximum absolute atomic E-state index is 13.4. The van der Waals surface area contributed by atoms with Crippen LogP contribution in [0.3, 0.4) is 0 Å². The molecule has 3 unspecified atom stereocenters. The van der Waals surface area contributed by atoms with Crippen LogP contribution in [-0.4, -0.2) is 29.6 Å². The van der Waals surface area contributed by atoms with Crippen LogP contribution in [0.2, 0.25) is 0 Å². The van der Waals surface area contributed by atoms with Gasteiger partial charge in [-0.2, -0.15) is 0 Å². The summed E-state index contributed by atoms with van der Waals surface area (Å²) in [5.74, 6) is 0.342. The molecule has 20 heavy (non-hydrogen) atoms. The first kappa shape index (κ1) is 15.3. The van der Waals surface area contributed by atoms with Crippen LogP contribution in [0.5, 0.6) is 5.75 Å². The molecule has 1 aromatic carbocycles. The molecule has 3 N–H and O–H groups in total. The summed E-state index contributed by atoms with van der Waals surface area (Å²) < 4.78 is 13.4. The van der Waals surface area contributed by atoms with Crippen LogP contribution >= 0.6 is 0 Å². The third kappa shape index (κ3) is 3.13. The van der Waals surface area contributed by atoms with E-state index in [0.717, 1.165) is 12.8 Å². The first-order chi connectivity index (χ1) is 9.54. The van der Waals surface area contributed by atoms with Crippen molar-refractivity contribution >= 4 is 0 Å². The third-order valence-electron chi connectivity index (χ3n) is 4.75. The Kier molecular flexibility index (Phi) is 5.00. The topological polar surface area (TPSA) is 49.5 Å². The minimum absolute atomic E-state index is 0.0251. The zero-order valence-corrected chi connectivity index (χ0v) is 12.3.